The molecular weight excluding hydrogens is 878 g/mol. The number of thiol groups is 1. The Labute approximate surface area is 394 Å². The number of anilines is 4. The Morgan fingerprint density at radius 2 is 1.66 bits per heavy atom. The predicted molar refractivity (Wildman–Crippen MR) is 253 cm³/mol. The van der Waals surface area contributed by atoms with Crippen LogP contribution < -0.4 is 25.8 Å². The summed E-state index contributed by atoms with van der Waals surface area (Å²) in [5.74, 6) is 0.0232. The smallest absolute Gasteiger partial charge is 0.262 e. The minimum absolute atomic E-state index is 0.00132. The number of hydrogen-bond acceptors (Lipinski definition) is 14. The van der Waals surface area contributed by atoms with Gasteiger partial charge in [-0.05, 0) is 94.5 Å². The molecule has 10 rings (SSSR count). The van der Waals surface area contributed by atoms with Crippen molar-refractivity contribution in [3.8, 4) is 0 Å². The standard InChI is InChI=1S/C48H58FN11O6S/c1-66-39-16-23-58(28-48(39,49)67)47-50-17-10-40(54-47)53-41-25-38-35(26-51-41)36(27-59(38)31-4-2-3-5-31)43(62)52-30-14-19-56(20-15-30)18-11-29-12-21-57(22-13-29)32-6-7-33-34(24-32)46(65)60(45(33)64)37-8-9-42(61)55-44(37)63/h6-7,10,17,24-27,29-31,37,39,67H,2-5,8-9,11-16,18-23,28H2,1H3,(H,52,62)(H,55,61,63)(H,50,51,53,54)/t37?,39-,48+/m0/s1. The molecule has 3 aromatic heterocycles. The first-order chi connectivity index (χ1) is 32.4. The maximum Gasteiger partial charge on any atom is 0.262 e. The first kappa shape index (κ1) is 45.1. The lowest BCUT2D eigenvalue weighted by Crippen LogP contribution is -2.54. The minimum Gasteiger partial charge on any atom is -0.377 e. The second-order valence-corrected chi connectivity index (χ2v) is 19.8. The van der Waals surface area contributed by atoms with E-state index in [2.05, 4.69) is 52.9 Å². The summed E-state index contributed by atoms with van der Waals surface area (Å²) in [6, 6.07) is 8.48. The third kappa shape index (κ3) is 9.21. The molecule has 354 valence electrons. The predicted octanol–water partition coefficient (Wildman–Crippen LogP) is 5.41. The SMILES string of the molecule is CO[C@H]1CCN(c2nccc(Nc3cc4c(cn3)c(C(=O)NC3CCN(CCC5CCN(c6ccc7c(c6)C(=O)N(C6CCC(=O)NC6=O)C7=O)CC5)CC3)cn4C3CCCC3)n2)C[C@@]1(F)S. The topological polar surface area (TPSA) is 187 Å². The third-order valence-corrected chi connectivity index (χ3v) is 15.3. The summed E-state index contributed by atoms with van der Waals surface area (Å²) in [6.45, 7) is 5.07. The molecule has 8 heterocycles. The summed E-state index contributed by atoms with van der Waals surface area (Å²) in [4.78, 5) is 86.1. The number of benzene rings is 1. The van der Waals surface area contributed by atoms with Crippen LogP contribution in [0.15, 0.2) is 48.9 Å². The fraction of sp³-hybridized carbons (Fsp3) is 0.542. The number of alkyl halides is 1. The number of aromatic nitrogens is 4. The number of carbonyl (C=O) groups is 5. The van der Waals surface area contributed by atoms with E-state index in [1.54, 1.807) is 35.5 Å². The molecule has 0 bridgehead atoms. The molecule has 1 aromatic carbocycles. The molecule has 0 spiro atoms. The van der Waals surface area contributed by atoms with Crippen LogP contribution in [0.2, 0.25) is 0 Å². The highest BCUT2D eigenvalue weighted by atomic mass is 32.1. The van der Waals surface area contributed by atoms with Crippen molar-refractivity contribution in [2.24, 2.45) is 5.92 Å². The van der Waals surface area contributed by atoms with Gasteiger partial charge in [0.25, 0.3) is 17.7 Å². The van der Waals surface area contributed by atoms with Crippen LogP contribution in [-0.4, -0.2) is 135 Å². The summed E-state index contributed by atoms with van der Waals surface area (Å²) >= 11 is 4.23. The molecule has 17 nitrogen and oxygen atoms in total. The van der Waals surface area contributed by atoms with Gasteiger partial charge in [0.05, 0.1) is 28.8 Å². The van der Waals surface area contributed by atoms with E-state index in [0.29, 0.717) is 59.2 Å². The zero-order valence-electron chi connectivity index (χ0n) is 37.8. The van der Waals surface area contributed by atoms with E-state index in [1.807, 2.05) is 18.3 Å². The molecule has 3 atom stereocenters. The number of hydrogen-bond donors (Lipinski definition) is 4. The summed E-state index contributed by atoms with van der Waals surface area (Å²) < 4.78 is 22.8. The first-order valence-corrected chi connectivity index (χ1v) is 24.3. The van der Waals surface area contributed by atoms with E-state index < -0.39 is 40.8 Å². The molecule has 6 aliphatic rings. The Kier molecular flexibility index (Phi) is 12.7. The maximum atomic E-state index is 15.2. The normalized spacial score (nSPS) is 24.7. The summed E-state index contributed by atoms with van der Waals surface area (Å²) in [5, 5.41) is 7.91. The average Bonchev–Trinajstić information content (AvgIpc) is 4.06. The van der Waals surface area contributed by atoms with Gasteiger partial charge in [-0.2, -0.15) is 4.98 Å². The van der Waals surface area contributed by atoms with Gasteiger partial charge >= 0.3 is 0 Å². The van der Waals surface area contributed by atoms with E-state index in [4.69, 9.17) is 9.72 Å². The highest BCUT2D eigenvalue weighted by molar-refractivity contribution is 7.81. The summed E-state index contributed by atoms with van der Waals surface area (Å²) in [5.41, 5.74) is 3.07. The van der Waals surface area contributed by atoms with Crippen LogP contribution in [-0.2, 0) is 14.3 Å². The molecule has 5 amide bonds. The summed E-state index contributed by atoms with van der Waals surface area (Å²) in [7, 11) is 1.50. The number of rotatable bonds is 12. The Hall–Kier alpha value is -5.66. The van der Waals surface area contributed by atoms with E-state index in [1.165, 1.54) is 7.11 Å². The number of carbonyl (C=O) groups excluding carboxylic acids is 5. The lowest BCUT2D eigenvalue weighted by Gasteiger charge is -2.39. The lowest BCUT2D eigenvalue weighted by molar-refractivity contribution is -0.136. The Bertz CT molecular complexity index is 2570. The van der Waals surface area contributed by atoms with Crippen molar-refractivity contribution in [1.82, 2.24) is 40.0 Å². The molecule has 5 aliphatic heterocycles. The fourth-order valence-corrected chi connectivity index (χ4v) is 11.5. The van der Waals surface area contributed by atoms with Crippen LogP contribution in [0, 0.1) is 5.92 Å². The molecule has 19 heteroatoms. The number of ether oxygens (including phenoxy) is 1. The zero-order valence-corrected chi connectivity index (χ0v) is 38.7. The van der Waals surface area contributed by atoms with Crippen LogP contribution in [0.1, 0.15) is 114 Å². The monoisotopic (exact) mass is 935 g/mol. The Balaban J connectivity index is 0.711. The van der Waals surface area contributed by atoms with Gasteiger partial charge in [0, 0.05) is 94.1 Å². The van der Waals surface area contributed by atoms with Crippen LogP contribution in [0.4, 0.5) is 27.7 Å². The van der Waals surface area contributed by atoms with Crippen molar-refractivity contribution in [3.05, 3.63) is 65.6 Å². The van der Waals surface area contributed by atoms with Crippen LogP contribution in [0.25, 0.3) is 10.9 Å². The molecule has 4 saturated heterocycles. The third-order valence-electron chi connectivity index (χ3n) is 14.9. The quantitative estimate of drug-likeness (QED) is 0.105. The molecule has 5 fully saturated rings. The number of pyridine rings is 1. The number of fused-ring (bicyclic) bond motifs is 2. The molecule has 1 saturated carbocycles. The van der Waals surface area contributed by atoms with Crippen LogP contribution in [0.3, 0.4) is 0 Å². The number of piperidine rings is 4. The molecular formula is C48H58FN11O6S. The van der Waals surface area contributed by atoms with Gasteiger partial charge in [0.2, 0.25) is 17.8 Å². The van der Waals surface area contributed by atoms with Gasteiger partial charge in [-0.25, -0.2) is 14.4 Å². The molecule has 67 heavy (non-hydrogen) atoms. The Morgan fingerprint density at radius 1 is 0.896 bits per heavy atom. The zero-order chi connectivity index (χ0) is 46.4. The number of nitrogens with one attached hydrogen (secondary N) is 3. The van der Waals surface area contributed by atoms with E-state index in [-0.39, 0.29) is 31.3 Å². The van der Waals surface area contributed by atoms with Gasteiger partial charge in [0.15, 0.2) is 5.00 Å². The van der Waals surface area contributed by atoms with Crippen molar-refractivity contribution < 1.29 is 33.1 Å². The molecule has 1 aliphatic carbocycles. The van der Waals surface area contributed by atoms with E-state index >= 15 is 4.39 Å². The highest BCUT2D eigenvalue weighted by Gasteiger charge is 2.45. The van der Waals surface area contributed by atoms with Crippen molar-refractivity contribution in [2.75, 3.05) is 68.0 Å². The van der Waals surface area contributed by atoms with Gasteiger partial charge in [-0.3, -0.25) is 34.2 Å². The lowest BCUT2D eigenvalue weighted by atomic mass is 9.92. The van der Waals surface area contributed by atoms with E-state index in [0.717, 1.165) is 112 Å². The van der Waals surface area contributed by atoms with Crippen molar-refractivity contribution >= 4 is 76.3 Å². The number of imide groups is 2. The van der Waals surface area contributed by atoms with Gasteiger partial charge in [-0.15, -0.1) is 12.6 Å². The number of methoxy groups -OCH3 is 1. The van der Waals surface area contributed by atoms with Gasteiger partial charge in [-0.1, -0.05) is 12.8 Å². The maximum absolute atomic E-state index is 15.2. The highest BCUT2D eigenvalue weighted by Crippen LogP contribution is 2.37. The molecule has 3 N–H and O–H groups in total. The fourth-order valence-electron chi connectivity index (χ4n) is 11.1. The first-order valence-electron chi connectivity index (χ1n) is 23.9. The molecule has 0 radical (unpaired) electrons. The van der Waals surface area contributed by atoms with Crippen LogP contribution in [0.5, 0.6) is 0 Å². The minimum atomic E-state index is -1.83. The van der Waals surface area contributed by atoms with Crippen molar-refractivity contribution in [3.63, 3.8) is 0 Å². The molecule has 4 aromatic rings. The number of amides is 5. The van der Waals surface area contributed by atoms with Gasteiger partial charge < -0.3 is 34.6 Å². The van der Waals surface area contributed by atoms with Crippen molar-refractivity contribution in [2.45, 2.75) is 106 Å². The largest absolute Gasteiger partial charge is 0.377 e. The van der Waals surface area contributed by atoms with Crippen LogP contribution >= 0.6 is 12.6 Å². The number of nitrogens with zero attached hydrogens (tertiary/aromatic N) is 8. The molecule has 1 unspecified atom stereocenters. The van der Waals surface area contributed by atoms with Gasteiger partial charge in [0.1, 0.15) is 23.8 Å². The summed E-state index contributed by atoms with van der Waals surface area (Å²) in [6.07, 6.45) is 14.8. The average molecular weight is 936 g/mol. The number of likely N-dealkylation sites (tertiary alicyclic amines) is 1. The van der Waals surface area contributed by atoms with Crippen molar-refractivity contribution in [1.29, 1.82) is 0 Å². The second kappa shape index (κ2) is 18.8. The second-order valence-electron chi connectivity index (χ2n) is 19.1. The Morgan fingerprint density at radius 3 is 2.40 bits per heavy atom. The number of halogens is 1. The van der Waals surface area contributed by atoms with E-state index in [9.17, 15) is 24.0 Å².